The average Bonchev–Trinajstić information content (AvgIpc) is 3.21. The third-order valence-corrected chi connectivity index (χ3v) is 6.76. The van der Waals surface area contributed by atoms with Crippen LogP contribution in [0.15, 0.2) is 11.6 Å². The van der Waals surface area contributed by atoms with Gasteiger partial charge in [0, 0.05) is 10.8 Å². The molecule has 4 heteroatoms. The van der Waals surface area contributed by atoms with Crippen molar-refractivity contribution in [2.24, 2.45) is 10.8 Å². The fourth-order valence-corrected chi connectivity index (χ4v) is 5.18. The minimum atomic E-state index is -0.446. The predicted molar refractivity (Wildman–Crippen MR) is 73.2 cm³/mol. The quantitative estimate of drug-likeness (QED) is 0.563. The number of hydrogen-bond donors (Lipinski definition) is 2. The van der Waals surface area contributed by atoms with Crippen LogP contribution in [0.1, 0.15) is 39.5 Å². The summed E-state index contributed by atoms with van der Waals surface area (Å²) in [6, 6.07) is 0. The predicted octanol–water partition coefficient (Wildman–Crippen LogP) is 1.40. The molecule has 2 aliphatic heterocycles. The molecule has 6 atom stereocenters. The molecule has 4 nitrogen and oxygen atoms in total. The Bertz CT molecular complexity index is 469. The van der Waals surface area contributed by atoms with Crippen LogP contribution in [0.5, 0.6) is 0 Å². The zero-order valence-corrected chi connectivity index (χ0v) is 12.3. The number of fused-ring (bicyclic) bond motifs is 2. The number of epoxide rings is 1. The second kappa shape index (κ2) is 3.86. The fourth-order valence-electron chi connectivity index (χ4n) is 5.18. The normalized spacial score (nSPS) is 57.2. The number of aliphatic hydroxyl groups is 2. The maximum absolute atomic E-state index is 10.3. The van der Waals surface area contributed by atoms with Gasteiger partial charge >= 0.3 is 0 Å². The van der Waals surface area contributed by atoms with E-state index in [4.69, 9.17) is 9.47 Å². The number of aliphatic hydroxyl groups excluding tert-OH is 2. The van der Waals surface area contributed by atoms with Gasteiger partial charge in [0.15, 0.2) is 0 Å². The van der Waals surface area contributed by atoms with Crippen molar-refractivity contribution < 1.29 is 19.7 Å². The molecule has 20 heavy (non-hydrogen) atoms. The van der Waals surface area contributed by atoms with Gasteiger partial charge in [-0.1, -0.05) is 18.6 Å². The summed E-state index contributed by atoms with van der Waals surface area (Å²) in [6.07, 6.45) is 4.98. The molecule has 2 heterocycles. The van der Waals surface area contributed by atoms with E-state index in [1.165, 1.54) is 5.57 Å². The van der Waals surface area contributed by atoms with E-state index in [0.717, 1.165) is 25.7 Å². The molecule has 2 bridgehead atoms. The Morgan fingerprint density at radius 2 is 2.15 bits per heavy atom. The van der Waals surface area contributed by atoms with Gasteiger partial charge in [0.05, 0.1) is 25.4 Å². The number of hydrogen-bond acceptors (Lipinski definition) is 4. The van der Waals surface area contributed by atoms with Crippen LogP contribution >= 0.6 is 0 Å². The molecule has 0 aromatic carbocycles. The lowest BCUT2D eigenvalue weighted by Crippen LogP contribution is -2.72. The van der Waals surface area contributed by atoms with Gasteiger partial charge in [-0.15, -0.1) is 0 Å². The highest BCUT2D eigenvalue weighted by Gasteiger charge is 2.77. The molecule has 3 fully saturated rings. The second-order valence-electron chi connectivity index (χ2n) is 7.42. The monoisotopic (exact) mass is 280 g/mol. The van der Waals surface area contributed by atoms with Crippen molar-refractivity contribution in [3.63, 3.8) is 0 Å². The zero-order chi connectivity index (χ0) is 14.2. The Hall–Kier alpha value is -0.420. The first-order chi connectivity index (χ1) is 9.49. The zero-order valence-electron chi connectivity index (χ0n) is 12.3. The van der Waals surface area contributed by atoms with Crippen molar-refractivity contribution in [3.8, 4) is 0 Å². The standard InChI is InChI=1S/C16H24O4/c1-10-3-6-15(8-17)12(7-10)20-13-11(18)4-5-14(15,2)16(13)9-19-16/h7,11-13,17-18H,3-6,8-9H2,1-2H3/t11-,12-,13-,14-,15-,16-/m1/s1. The van der Waals surface area contributed by atoms with E-state index in [9.17, 15) is 10.2 Å². The van der Waals surface area contributed by atoms with E-state index in [0.29, 0.717) is 6.61 Å². The van der Waals surface area contributed by atoms with Crippen molar-refractivity contribution in [1.29, 1.82) is 0 Å². The van der Waals surface area contributed by atoms with Gasteiger partial charge in [0.2, 0.25) is 0 Å². The topological polar surface area (TPSA) is 62.2 Å². The van der Waals surface area contributed by atoms with Gasteiger partial charge in [0.1, 0.15) is 11.7 Å². The largest absolute Gasteiger partial charge is 0.396 e. The van der Waals surface area contributed by atoms with Crippen LogP contribution in [0.4, 0.5) is 0 Å². The molecule has 0 amide bonds. The van der Waals surface area contributed by atoms with Gasteiger partial charge in [-0.2, -0.15) is 0 Å². The summed E-state index contributed by atoms with van der Waals surface area (Å²) in [5, 5.41) is 20.6. The minimum Gasteiger partial charge on any atom is -0.396 e. The van der Waals surface area contributed by atoms with Crippen molar-refractivity contribution in [1.82, 2.24) is 0 Å². The van der Waals surface area contributed by atoms with E-state index in [1.54, 1.807) is 0 Å². The van der Waals surface area contributed by atoms with Crippen LogP contribution in [0.3, 0.4) is 0 Å². The molecule has 1 spiro atoms. The summed E-state index contributed by atoms with van der Waals surface area (Å²) in [6.45, 7) is 5.16. The van der Waals surface area contributed by atoms with Crippen molar-refractivity contribution in [3.05, 3.63) is 11.6 Å². The summed E-state index contributed by atoms with van der Waals surface area (Å²) in [5.41, 5.74) is 0.574. The Labute approximate surface area is 119 Å². The smallest absolute Gasteiger partial charge is 0.126 e. The molecule has 2 aliphatic carbocycles. The first-order valence-corrected chi connectivity index (χ1v) is 7.75. The lowest BCUT2D eigenvalue weighted by atomic mass is 9.46. The van der Waals surface area contributed by atoms with Crippen LogP contribution in [0.2, 0.25) is 0 Å². The molecule has 0 radical (unpaired) electrons. The molecule has 4 aliphatic rings. The van der Waals surface area contributed by atoms with Crippen molar-refractivity contribution in [2.75, 3.05) is 13.2 Å². The molecular weight excluding hydrogens is 256 g/mol. The van der Waals surface area contributed by atoms with Crippen LogP contribution < -0.4 is 0 Å². The van der Waals surface area contributed by atoms with Crippen LogP contribution in [0.25, 0.3) is 0 Å². The Morgan fingerprint density at radius 3 is 2.80 bits per heavy atom. The lowest BCUT2D eigenvalue weighted by Gasteiger charge is -2.64. The van der Waals surface area contributed by atoms with E-state index >= 15 is 0 Å². The first-order valence-electron chi connectivity index (χ1n) is 7.75. The molecule has 112 valence electrons. The lowest BCUT2D eigenvalue weighted by molar-refractivity contribution is -0.283. The number of rotatable bonds is 1. The Balaban J connectivity index is 1.86. The van der Waals surface area contributed by atoms with Gasteiger partial charge in [-0.25, -0.2) is 0 Å². The van der Waals surface area contributed by atoms with Crippen LogP contribution in [-0.2, 0) is 9.47 Å². The SMILES string of the molecule is CC1=C[C@H]2O[C@@H]3[C@H](O)CC[C@](C)([C@@]2(CO)CC1)[C@@]31CO1. The number of allylic oxidation sites excluding steroid dienone is 1. The van der Waals surface area contributed by atoms with E-state index in [-0.39, 0.29) is 35.2 Å². The molecule has 1 saturated carbocycles. The van der Waals surface area contributed by atoms with Crippen molar-refractivity contribution in [2.45, 2.75) is 63.4 Å². The van der Waals surface area contributed by atoms with Gasteiger partial charge in [-0.3, -0.25) is 0 Å². The molecule has 0 aromatic rings. The molecule has 2 N–H and O–H groups in total. The Kier molecular flexibility index (Phi) is 2.56. The molecule has 2 saturated heterocycles. The maximum Gasteiger partial charge on any atom is 0.126 e. The van der Waals surface area contributed by atoms with Crippen LogP contribution in [-0.4, -0.2) is 47.3 Å². The van der Waals surface area contributed by atoms with Crippen molar-refractivity contribution >= 4 is 0 Å². The summed E-state index contributed by atoms with van der Waals surface area (Å²) in [5.74, 6) is 0. The summed E-state index contributed by atoms with van der Waals surface area (Å²) < 4.78 is 12.1. The summed E-state index contributed by atoms with van der Waals surface area (Å²) in [4.78, 5) is 0. The second-order valence-corrected chi connectivity index (χ2v) is 7.42. The highest BCUT2D eigenvalue weighted by Crippen LogP contribution is 2.69. The van der Waals surface area contributed by atoms with Gasteiger partial charge in [0.25, 0.3) is 0 Å². The summed E-state index contributed by atoms with van der Waals surface area (Å²) in [7, 11) is 0. The molecule has 0 unspecified atom stereocenters. The highest BCUT2D eigenvalue weighted by molar-refractivity contribution is 5.29. The Morgan fingerprint density at radius 1 is 1.40 bits per heavy atom. The minimum absolute atomic E-state index is 0.0963. The number of ether oxygens (including phenoxy) is 2. The van der Waals surface area contributed by atoms with Crippen LogP contribution in [0, 0.1) is 10.8 Å². The molecule has 4 rings (SSSR count). The maximum atomic E-state index is 10.3. The fraction of sp³-hybridized carbons (Fsp3) is 0.875. The first kappa shape index (κ1) is 13.3. The molecular formula is C16H24O4. The highest BCUT2D eigenvalue weighted by atomic mass is 16.6. The third-order valence-electron chi connectivity index (χ3n) is 6.76. The van der Waals surface area contributed by atoms with E-state index in [2.05, 4.69) is 19.9 Å². The average molecular weight is 280 g/mol. The molecule has 0 aromatic heterocycles. The van der Waals surface area contributed by atoms with Gasteiger partial charge in [-0.05, 0) is 32.6 Å². The summed E-state index contributed by atoms with van der Waals surface area (Å²) >= 11 is 0. The van der Waals surface area contributed by atoms with E-state index in [1.807, 2.05) is 0 Å². The third kappa shape index (κ3) is 1.27. The van der Waals surface area contributed by atoms with E-state index < -0.39 is 6.10 Å². The van der Waals surface area contributed by atoms with Gasteiger partial charge < -0.3 is 19.7 Å².